The van der Waals surface area contributed by atoms with Crippen molar-refractivity contribution in [2.45, 2.75) is 38.5 Å². The molecule has 2 aliphatic carbocycles. The maximum Gasteiger partial charge on any atom is 0.0467 e. The van der Waals surface area contributed by atoms with Crippen molar-refractivity contribution in [3.8, 4) is 43.8 Å². The maximum atomic E-state index is 2.45. The number of thiophene rings is 1. The van der Waals surface area contributed by atoms with Crippen LogP contribution < -0.4 is 4.90 Å². The van der Waals surface area contributed by atoms with Gasteiger partial charge in [0.2, 0.25) is 0 Å². The van der Waals surface area contributed by atoms with Gasteiger partial charge in [0.05, 0.1) is 0 Å². The third kappa shape index (κ3) is 4.60. The summed E-state index contributed by atoms with van der Waals surface area (Å²) in [5.74, 6) is 0. The monoisotopic (exact) mass is 685 g/mol. The van der Waals surface area contributed by atoms with E-state index >= 15 is 0 Å². The van der Waals surface area contributed by atoms with Crippen molar-refractivity contribution in [3.63, 3.8) is 0 Å². The normalized spacial score (nSPS) is 14.5. The minimum absolute atomic E-state index is 0.0702. The van der Waals surface area contributed by atoms with Crippen LogP contribution in [0.15, 0.2) is 164 Å². The zero-order valence-corrected chi connectivity index (χ0v) is 30.8. The molecule has 2 heteroatoms. The summed E-state index contributed by atoms with van der Waals surface area (Å²) in [4.78, 5) is 3.85. The SMILES string of the molecule is CC1(C)c2ccccc2-c2ccc(N(c3ccc(-c4ccccc4)cc3)c3cccc(-c4ccc5c(c4)C(C)(C)c4c-5sc5ccccc45)c3)cc21. The summed E-state index contributed by atoms with van der Waals surface area (Å²) in [6.07, 6.45) is 0. The number of benzene rings is 7. The highest BCUT2D eigenvalue weighted by Gasteiger charge is 2.39. The molecule has 1 aromatic heterocycles. The molecule has 8 aromatic rings. The highest BCUT2D eigenvalue weighted by molar-refractivity contribution is 7.22. The van der Waals surface area contributed by atoms with E-state index in [-0.39, 0.29) is 10.8 Å². The molecule has 1 nitrogen and oxygen atoms in total. The highest BCUT2D eigenvalue weighted by atomic mass is 32.1. The van der Waals surface area contributed by atoms with Crippen molar-refractivity contribution < 1.29 is 0 Å². The Hall–Kier alpha value is -5.70. The fourth-order valence-corrected chi connectivity index (χ4v) is 10.4. The Bertz CT molecular complexity index is 2680. The van der Waals surface area contributed by atoms with Crippen LogP contribution >= 0.6 is 11.3 Å². The fourth-order valence-electron chi connectivity index (χ4n) is 8.97. The van der Waals surface area contributed by atoms with Gasteiger partial charge in [-0.05, 0) is 115 Å². The lowest BCUT2D eigenvalue weighted by molar-refractivity contribution is 0.660. The molecule has 250 valence electrons. The van der Waals surface area contributed by atoms with Crippen LogP contribution in [0.3, 0.4) is 0 Å². The van der Waals surface area contributed by atoms with E-state index in [1.165, 1.54) is 76.2 Å². The molecule has 0 aliphatic heterocycles. The van der Waals surface area contributed by atoms with Crippen LogP contribution in [0, 0.1) is 0 Å². The summed E-state index contributed by atoms with van der Waals surface area (Å²) in [5, 5.41) is 1.39. The lowest BCUT2D eigenvalue weighted by Crippen LogP contribution is -2.16. The number of hydrogen-bond donors (Lipinski definition) is 0. The van der Waals surface area contributed by atoms with E-state index in [0.29, 0.717) is 0 Å². The molecule has 7 aromatic carbocycles. The second-order valence-corrected chi connectivity index (χ2v) is 16.4. The first-order valence-electron chi connectivity index (χ1n) is 18.3. The molecule has 0 atom stereocenters. The van der Waals surface area contributed by atoms with Crippen LogP contribution in [0.4, 0.5) is 17.1 Å². The van der Waals surface area contributed by atoms with Gasteiger partial charge in [0.25, 0.3) is 0 Å². The standard InChI is InChI=1S/C50H39NS/c1-49(2)43-19-10-8-17-39(43)40-28-26-38(31-45(40)49)51(36-24-21-33(22-25-36)32-13-6-5-7-14-32)37-16-12-15-34(29-37)35-23-27-41-44(30-35)50(3,4)47-42-18-9-11-20-46(42)52-48(41)47/h5-31H,1-4H3. The van der Waals surface area contributed by atoms with E-state index in [4.69, 9.17) is 0 Å². The Morgan fingerprint density at radius 1 is 0.404 bits per heavy atom. The maximum absolute atomic E-state index is 2.45. The molecule has 2 aliphatic rings. The number of hydrogen-bond acceptors (Lipinski definition) is 2. The molecular formula is C50H39NS. The first kappa shape index (κ1) is 31.1. The Labute approximate surface area is 310 Å². The molecule has 52 heavy (non-hydrogen) atoms. The van der Waals surface area contributed by atoms with Gasteiger partial charge in [-0.1, -0.05) is 143 Å². The van der Waals surface area contributed by atoms with Crippen molar-refractivity contribution in [1.82, 2.24) is 0 Å². The van der Waals surface area contributed by atoms with Gasteiger partial charge in [-0.15, -0.1) is 11.3 Å². The lowest BCUT2D eigenvalue weighted by Gasteiger charge is -2.28. The van der Waals surface area contributed by atoms with Gasteiger partial charge in [-0.25, -0.2) is 0 Å². The quantitative estimate of drug-likeness (QED) is 0.174. The molecule has 1 heterocycles. The summed E-state index contributed by atoms with van der Waals surface area (Å²) in [5.41, 5.74) is 17.9. The van der Waals surface area contributed by atoms with Crippen LogP contribution in [-0.2, 0) is 10.8 Å². The van der Waals surface area contributed by atoms with Crippen molar-refractivity contribution in [3.05, 3.63) is 186 Å². The molecular weight excluding hydrogens is 647 g/mol. The van der Waals surface area contributed by atoms with Crippen LogP contribution in [-0.4, -0.2) is 0 Å². The van der Waals surface area contributed by atoms with E-state index in [2.05, 4.69) is 196 Å². The van der Waals surface area contributed by atoms with Crippen molar-refractivity contribution in [2.24, 2.45) is 0 Å². The fraction of sp³-hybridized carbons (Fsp3) is 0.120. The third-order valence-electron chi connectivity index (χ3n) is 11.7. The molecule has 0 N–H and O–H groups in total. The van der Waals surface area contributed by atoms with Crippen LogP contribution in [0.1, 0.15) is 49.9 Å². The minimum Gasteiger partial charge on any atom is -0.310 e. The van der Waals surface area contributed by atoms with Crippen LogP contribution in [0.2, 0.25) is 0 Å². The van der Waals surface area contributed by atoms with E-state index in [0.717, 1.165) is 17.1 Å². The minimum atomic E-state index is -0.0863. The Balaban J connectivity index is 1.09. The van der Waals surface area contributed by atoms with Gasteiger partial charge in [0.15, 0.2) is 0 Å². The largest absolute Gasteiger partial charge is 0.310 e. The Morgan fingerprint density at radius 3 is 1.85 bits per heavy atom. The lowest BCUT2D eigenvalue weighted by atomic mass is 9.80. The molecule has 0 unspecified atom stereocenters. The van der Waals surface area contributed by atoms with Gasteiger partial charge in [0.1, 0.15) is 0 Å². The zero-order valence-electron chi connectivity index (χ0n) is 29.9. The average molecular weight is 686 g/mol. The molecule has 0 saturated carbocycles. The van der Waals surface area contributed by atoms with E-state index < -0.39 is 0 Å². The first-order valence-corrected chi connectivity index (χ1v) is 19.1. The number of fused-ring (bicyclic) bond motifs is 8. The summed E-state index contributed by atoms with van der Waals surface area (Å²) < 4.78 is 1.37. The van der Waals surface area contributed by atoms with E-state index in [1.54, 1.807) is 0 Å². The van der Waals surface area contributed by atoms with Gasteiger partial charge in [-0.2, -0.15) is 0 Å². The second-order valence-electron chi connectivity index (χ2n) is 15.4. The predicted octanol–water partition coefficient (Wildman–Crippen LogP) is 14.3. The third-order valence-corrected chi connectivity index (χ3v) is 12.9. The van der Waals surface area contributed by atoms with Crippen molar-refractivity contribution in [2.75, 3.05) is 4.90 Å². The van der Waals surface area contributed by atoms with Gasteiger partial charge in [-0.3, -0.25) is 0 Å². The van der Waals surface area contributed by atoms with Crippen LogP contribution in [0.5, 0.6) is 0 Å². The van der Waals surface area contributed by atoms with Crippen LogP contribution in [0.25, 0.3) is 53.9 Å². The van der Waals surface area contributed by atoms with Gasteiger partial charge >= 0.3 is 0 Å². The molecule has 0 amide bonds. The topological polar surface area (TPSA) is 3.24 Å². The molecule has 0 bridgehead atoms. The van der Waals surface area contributed by atoms with E-state index in [9.17, 15) is 0 Å². The second kappa shape index (κ2) is 11.4. The number of rotatable bonds is 5. The molecule has 10 rings (SSSR count). The summed E-state index contributed by atoms with van der Waals surface area (Å²) in [6, 6.07) is 60.7. The average Bonchev–Trinajstić information content (AvgIpc) is 3.76. The summed E-state index contributed by atoms with van der Waals surface area (Å²) >= 11 is 1.93. The number of nitrogens with zero attached hydrogens (tertiary/aromatic N) is 1. The first-order chi connectivity index (χ1) is 25.3. The van der Waals surface area contributed by atoms with Gasteiger partial charge in [0, 0.05) is 37.5 Å². The predicted molar refractivity (Wildman–Crippen MR) is 223 cm³/mol. The van der Waals surface area contributed by atoms with E-state index in [1.807, 2.05) is 11.3 Å². The molecule has 0 spiro atoms. The summed E-state index contributed by atoms with van der Waals surface area (Å²) in [7, 11) is 0. The Morgan fingerprint density at radius 2 is 1.00 bits per heavy atom. The molecule has 0 fully saturated rings. The number of anilines is 3. The zero-order chi connectivity index (χ0) is 35.2. The summed E-state index contributed by atoms with van der Waals surface area (Å²) in [6.45, 7) is 9.51. The van der Waals surface area contributed by atoms with Crippen molar-refractivity contribution in [1.29, 1.82) is 0 Å². The van der Waals surface area contributed by atoms with Gasteiger partial charge < -0.3 is 4.90 Å². The molecule has 0 radical (unpaired) electrons. The highest BCUT2D eigenvalue weighted by Crippen LogP contribution is 2.56. The smallest absolute Gasteiger partial charge is 0.0467 e. The Kier molecular flexibility index (Phi) is 6.81. The van der Waals surface area contributed by atoms with Crippen molar-refractivity contribution >= 4 is 38.5 Å². The molecule has 0 saturated heterocycles.